The molecule has 2 amide bonds. The highest BCUT2D eigenvalue weighted by molar-refractivity contribution is 6.44. The lowest BCUT2D eigenvalue weighted by molar-refractivity contribution is -0.118. The van der Waals surface area contributed by atoms with E-state index in [2.05, 4.69) is 26.0 Å². The van der Waals surface area contributed by atoms with Crippen molar-refractivity contribution < 1.29 is 18.8 Å². The van der Waals surface area contributed by atoms with Gasteiger partial charge in [0.15, 0.2) is 0 Å². The number of benzene rings is 1. The summed E-state index contributed by atoms with van der Waals surface area (Å²) in [5, 5.41) is 25.0. The Morgan fingerprint density at radius 3 is 2.71 bits per heavy atom. The SMILES string of the molecule is Cc1c(C(=O)C(=O)NC2(c3cn[nH]n3)CC2)c2n(c1C(=O)Nc1ccc(F)c(C#N)c1)C1CC2C1. The van der Waals surface area contributed by atoms with Crippen molar-refractivity contribution in [1.82, 2.24) is 25.3 Å². The summed E-state index contributed by atoms with van der Waals surface area (Å²) in [6, 6.07) is 5.58. The summed E-state index contributed by atoms with van der Waals surface area (Å²) in [4.78, 5) is 39.7. The number of anilines is 1. The van der Waals surface area contributed by atoms with Gasteiger partial charge in [-0.15, -0.1) is 0 Å². The Hall–Kier alpha value is -4.33. The molecule has 2 aliphatic heterocycles. The van der Waals surface area contributed by atoms with Crippen molar-refractivity contribution in [3.05, 3.63) is 64.0 Å². The molecular formula is C24H20FN7O3. The summed E-state index contributed by atoms with van der Waals surface area (Å²) in [5.74, 6) is -2.46. The Kier molecular flexibility index (Phi) is 4.45. The molecule has 2 aromatic heterocycles. The molecule has 4 heterocycles. The molecule has 176 valence electrons. The fourth-order valence-electron chi connectivity index (χ4n) is 5.37. The van der Waals surface area contributed by atoms with Gasteiger partial charge >= 0.3 is 0 Å². The topological polar surface area (TPSA) is 146 Å². The Morgan fingerprint density at radius 1 is 1.29 bits per heavy atom. The second-order valence-corrected chi connectivity index (χ2v) is 9.41. The molecular weight excluding hydrogens is 453 g/mol. The van der Waals surface area contributed by atoms with Crippen LogP contribution in [0.15, 0.2) is 24.4 Å². The number of Topliss-reactive ketones (excluding diaryl/α,β-unsaturated/α-hetero) is 1. The normalized spacial score (nSPS) is 20.4. The number of H-pyrrole nitrogens is 1. The minimum atomic E-state index is -0.741. The van der Waals surface area contributed by atoms with Gasteiger partial charge in [-0.05, 0) is 56.4 Å². The number of nitrogens with one attached hydrogen (secondary N) is 3. The molecule has 2 saturated carbocycles. The fourth-order valence-corrected chi connectivity index (χ4v) is 5.37. The number of hydrogen-bond donors (Lipinski definition) is 3. The molecule has 35 heavy (non-hydrogen) atoms. The van der Waals surface area contributed by atoms with Crippen molar-refractivity contribution in [2.24, 2.45) is 0 Å². The summed E-state index contributed by atoms with van der Waals surface area (Å²) >= 11 is 0. The maximum atomic E-state index is 13.7. The summed E-state index contributed by atoms with van der Waals surface area (Å²) in [6.07, 6.45) is 4.48. The largest absolute Gasteiger partial charge is 0.338 e. The number of rotatable bonds is 6. The van der Waals surface area contributed by atoms with Crippen LogP contribution in [-0.4, -0.2) is 37.6 Å². The number of ketones is 1. The summed E-state index contributed by atoms with van der Waals surface area (Å²) < 4.78 is 15.6. The van der Waals surface area contributed by atoms with E-state index in [1.54, 1.807) is 13.0 Å². The zero-order valence-electron chi connectivity index (χ0n) is 18.7. The van der Waals surface area contributed by atoms with E-state index in [1.807, 2.05) is 4.57 Å². The predicted molar refractivity (Wildman–Crippen MR) is 119 cm³/mol. The van der Waals surface area contributed by atoms with Gasteiger partial charge in [-0.2, -0.15) is 20.7 Å². The lowest BCUT2D eigenvalue weighted by Gasteiger charge is -2.25. The first-order chi connectivity index (χ1) is 16.8. The van der Waals surface area contributed by atoms with Crippen LogP contribution in [0.3, 0.4) is 0 Å². The molecule has 10 nitrogen and oxygen atoms in total. The van der Waals surface area contributed by atoms with Gasteiger partial charge in [-0.3, -0.25) is 14.4 Å². The van der Waals surface area contributed by atoms with E-state index in [4.69, 9.17) is 5.26 Å². The molecule has 1 aromatic carbocycles. The first-order valence-corrected chi connectivity index (χ1v) is 11.3. The van der Waals surface area contributed by atoms with E-state index in [9.17, 15) is 18.8 Å². The van der Waals surface area contributed by atoms with Crippen LogP contribution in [0.2, 0.25) is 0 Å². The van der Waals surface area contributed by atoms with E-state index < -0.39 is 29.0 Å². The Balaban J connectivity index is 1.32. The fraction of sp³-hybridized carbons (Fsp3) is 0.333. The molecule has 0 spiro atoms. The summed E-state index contributed by atoms with van der Waals surface area (Å²) in [5.41, 5.74) is 1.70. The van der Waals surface area contributed by atoms with Crippen LogP contribution < -0.4 is 10.6 Å². The number of aromatic amines is 1. The molecule has 7 rings (SSSR count). The molecule has 0 atom stereocenters. The summed E-state index contributed by atoms with van der Waals surface area (Å²) in [7, 11) is 0. The van der Waals surface area contributed by atoms with Gasteiger partial charge in [-0.25, -0.2) is 4.39 Å². The molecule has 0 radical (unpaired) electrons. The number of nitrogens with zero attached hydrogens (tertiary/aromatic N) is 4. The van der Waals surface area contributed by atoms with E-state index in [0.29, 0.717) is 29.8 Å². The van der Waals surface area contributed by atoms with Gasteiger partial charge in [0.25, 0.3) is 17.6 Å². The molecule has 2 bridgehead atoms. The molecule has 11 heteroatoms. The monoisotopic (exact) mass is 473 g/mol. The molecule has 2 aliphatic carbocycles. The highest BCUT2D eigenvalue weighted by Crippen LogP contribution is 2.56. The van der Waals surface area contributed by atoms with Gasteiger partial charge < -0.3 is 15.2 Å². The molecule has 3 N–H and O–H groups in total. The van der Waals surface area contributed by atoms with Gasteiger partial charge in [0.2, 0.25) is 0 Å². The maximum Gasteiger partial charge on any atom is 0.293 e. The van der Waals surface area contributed by atoms with Crippen LogP contribution in [0.4, 0.5) is 10.1 Å². The predicted octanol–water partition coefficient (Wildman–Crippen LogP) is 2.60. The van der Waals surface area contributed by atoms with Crippen molar-refractivity contribution in [3.8, 4) is 6.07 Å². The number of amides is 2. The van der Waals surface area contributed by atoms with Crippen molar-refractivity contribution >= 4 is 23.3 Å². The Labute approximate surface area is 198 Å². The highest BCUT2D eigenvalue weighted by Gasteiger charge is 2.51. The van der Waals surface area contributed by atoms with Crippen LogP contribution in [0.25, 0.3) is 0 Å². The third kappa shape index (κ3) is 3.10. The smallest absolute Gasteiger partial charge is 0.293 e. The van der Waals surface area contributed by atoms with Crippen molar-refractivity contribution in [1.29, 1.82) is 5.26 Å². The quantitative estimate of drug-likeness (QED) is 0.371. The highest BCUT2D eigenvalue weighted by atomic mass is 19.1. The van der Waals surface area contributed by atoms with Crippen molar-refractivity contribution in [2.75, 3.05) is 5.32 Å². The number of nitriles is 1. The van der Waals surface area contributed by atoms with Gasteiger partial charge in [0.1, 0.15) is 23.3 Å². The van der Waals surface area contributed by atoms with E-state index in [-0.39, 0.29) is 28.8 Å². The van der Waals surface area contributed by atoms with Crippen LogP contribution in [0.5, 0.6) is 0 Å². The van der Waals surface area contributed by atoms with Crippen LogP contribution in [0, 0.1) is 24.1 Å². The molecule has 0 unspecified atom stereocenters. The van der Waals surface area contributed by atoms with E-state index >= 15 is 0 Å². The Morgan fingerprint density at radius 2 is 2.06 bits per heavy atom. The zero-order chi connectivity index (χ0) is 24.5. The van der Waals surface area contributed by atoms with E-state index in [1.165, 1.54) is 18.3 Å². The van der Waals surface area contributed by atoms with Gasteiger partial charge in [-0.1, -0.05) is 0 Å². The second kappa shape index (κ2) is 7.33. The minimum Gasteiger partial charge on any atom is -0.338 e. The van der Waals surface area contributed by atoms with Crippen LogP contribution in [-0.2, 0) is 10.3 Å². The van der Waals surface area contributed by atoms with Crippen molar-refractivity contribution in [3.63, 3.8) is 0 Å². The lowest BCUT2D eigenvalue weighted by atomic mass is 9.81. The first kappa shape index (κ1) is 21.2. The van der Waals surface area contributed by atoms with Crippen LogP contribution in [0.1, 0.15) is 81.0 Å². The molecule has 2 fully saturated rings. The number of halogens is 1. The zero-order valence-corrected chi connectivity index (χ0v) is 18.7. The average molecular weight is 473 g/mol. The standard InChI is InChI=1S/C24H20FN7O3/c1-11-18(21(33)23(35)29-24(4-5-24)17-10-27-31-30-17)20-12-7-15(8-12)32(20)19(11)22(34)28-14-2-3-16(25)13(6-14)9-26/h2-3,6,10,12,15H,4-5,7-8H2,1H3,(H,28,34)(H,29,35)(H,27,30,31). The number of hydrogen-bond acceptors (Lipinski definition) is 6. The van der Waals surface area contributed by atoms with Crippen molar-refractivity contribution in [2.45, 2.75) is 50.1 Å². The molecule has 4 aliphatic rings. The molecule has 3 aromatic rings. The maximum absolute atomic E-state index is 13.7. The third-order valence-electron chi connectivity index (χ3n) is 7.35. The second-order valence-electron chi connectivity index (χ2n) is 9.41. The lowest BCUT2D eigenvalue weighted by Crippen LogP contribution is -2.40. The van der Waals surface area contributed by atoms with Gasteiger partial charge in [0, 0.05) is 23.3 Å². The van der Waals surface area contributed by atoms with E-state index in [0.717, 1.165) is 24.6 Å². The Bertz CT molecular complexity index is 1460. The molecule has 0 saturated heterocycles. The number of carbonyl (C=O) groups is 3. The van der Waals surface area contributed by atoms with Crippen LogP contribution >= 0.6 is 0 Å². The average Bonchev–Trinajstić information content (AvgIpc) is 3.18. The first-order valence-electron chi connectivity index (χ1n) is 11.3. The minimum absolute atomic E-state index is 0.0897. The third-order valence-corrected chi connectivity index (χ3v) is 7.35. The number of aromatic nitrogens is 4. The number of carbonyl (C=O) groups excluding carboxylic acids is 3. The van der Waals surface area contributed by atoms with Gasteiger partial charge in [0.05, 0.1) is 22.9 Å². The summed E-state index contributed by atoms with van der Waals surface area (Å²) in [6.45, 7) is 1.66.